The van der Waals surface area contributed by atoms with Gasteiger partial charge in [0, 0.05) is 5.02 Å². The zero-order chi connectivity index (χ0) is 9.68. The molecule has 3 heteroatoms. The van der Waals surface area contributed by atoms with E-state index >= 15 is 0 Å². The van der Waals surface area contributed by atoms with Gasteiger partial charge in [-0.15, -0.1) is 0 Å². The minimum Gasteiger partial charge on any atom is -0.392 e. The fraction of sp³-hybridized carbons (Fsp3) is 0.200. The van der Waals surface area contributed by atoms with Crippen LogP contribution in [0.4, 0.5) is 0 Å². The van der Waals surface area contributed by atoms with Crippen molar-refractivity contribution < 1.29 is 10.2 Å². The molecule has 1 unspecified atom stereocenters. The van der Waals surface area contributed by atoms with Crippen LogP contribution >= 0.6 is 11.6 Å². The highest BCUT2D eigenvalue weighted by molar-refractivity contribution is 6.30. The average molecular weight is 199 g/mol. The van der Waals surface area contributed by atoms with Gasteiger partial charge in [-0.3, -0.25) is 0 Å². The van der Waals surface area contributed by atoms with Crippen LogP contribution in [-0.4, -0.2) is 16.8 Å². The Hall–Kier alpha value is -0.830. The fourth-order valence-electron chi connectivity index (χ4n) is 0.961. The summed E-state index contributed by atoms with van der Waals surface area (Å²) < 4.78 is 0. The molecule has 0 bridgehead atoms. The van der Waals surface area contributed by atoms with E-state index in [4.69, 9.17) is 16.7 Å². The van der Waals surface area contributed by atoms with Crippen LogP contribution in [0.5, 0.6) is 0 Å². The monoisotopic (exact) mass is 198 g/mol. The van der Waals surface area contributed by atoms with Crippen molar-refractivity contribution in [2.45, 2.75) is 6.10 Å². The van der Waals surface area contributed by atoms with Gasteiger partial charge in [0.1, 0.15) is 0 Å². The Kier molecular flexibility index (Phi) is 3.96. The van der Waals surface area contributed by atoms with E-state index in [2.05, 4.69) is 0 Å². The van der Waals surface area contributed by atoms with Crippen molar-refractivity contribution in [2.24, 2.45) is 0 Å². The molecule has 70 valence electrons. The van der Waals surface area contributed by atoms with E-state index in [0.29, 0.717) is 5.02 Å². The molecule has 0 aliphatic carbocycles. The molecule has 0 saturated heterocycles. The molecule has 13 heavy (non-hydrogen) atoms. The third-order valence-electron chi connectivity index (χ3n) is 1.64. The van der Waals surface area contributed by atoms with E-state index in [1.807, 2.05) is 0 Å². The fourth-order valence-corrected chi connectivity index (χ4v) is 1.09. The van der Waals surface area contributed by atoms with Crippen LogP contribution < -0.4 is 0 Å². The van der Waals surface area contributed by atoms with Crippen LogP contribution in [0.1, 0.15) is 11.7 Å². The molecule has 0 saturated carbocycles. The van der Waals surface area contributed by atoms with Gasteiger partial charge in [0.2, 0.25) is 0 Å². The van der Waals surface area contributed by atoms with Gasteiger partial charge in [0.05, 0.1) is 12.7 Å². The molecule has 0 aliphatic heterocycles. The normalized spacial score (nSPS) is 13.5. The summed E-state index contributed by atoms with van der Waals surface area (Å²) in [4.78, 5) is 0. The summed E-state index contributed by atoms with van der Waals surface area (Å²) in [7, 11) is 0. The minimum absolute atomic E-state index is 0.0648. The van der Waals surface area contributed by atoms with Crippen LogP contribution in [-0.2, 0) is 0 Å². The molecule has 1 aromatic rings. The first-order valence-electron chi connectivity index (χ1n) is 3.95. The molecule has 0 aromatic heterocycles. The number of hydrogen-bond acceptors (Lipinski definition) is 2. The van der Waals surface area contributed by atoms with E-state index in [0.717, 1.165) is 5.56 Å². The number of aliphatic hydroxyl groups excluding tert-OH is 2. The number of benzene rings is 1. The molecule has 0 radical (unpaired) electrons. The Morgan fingerprint density at radius 3 is 2.46 bits per heavy atom. The highest BCUT2D eigenvalue weighted by Gasteiger charge is 2.01. The summed E-state index contributed by atoms with van der Waals surface area (Å²) in [6.45, 7) is -0.0648. The quantitative estimate of drug-likeness (QED) is 0.729. The predicted octanol–water partition coefficient (Wildman–Crippen LogP) is 1.92. The zero-order valence-corrected chi connectivity index (χ0v) is 7.78. The van der Waals surface area contributed by atoms with E-state index in [1.54, 1.807) is 24.3 Å². The first kappa shape index (κ1) is 10.3. The van der Waals surface area contributed by atoms with Gasteiger partial charge in [0.25, 0.3) is 0 Å². The number of halogens is 1. The third kappa shape index (κ3) is 3.19. The van der Waals surface area contributed by atoms with Crippen molar-refractivity contribution in [3.8, 4) is 0 Å². The Balaban J connectivity index is 2.71. The number of rotatable bonds is 3. The van der Waals surface area contributed by atoms with Crippen LogP contribution in [0, 0.1) is 0 Å². The van der Waals surface area contributed by atoms with Gasteiger partial charge in [-0.1, -0.05) is 35.9 Å². The van der Waals surface area contributed by atoms with E-state index < -0.39 is 6.10 Å². The van der Waals surface area contributed by atoms with Crippen molar-refractivity contribution in [3.63, 3.8) is 0 Å². The predicted molar refractivity (Wildman–Crippen MR) is 52.6 cm³/mol. The van der Waals surface area contributed by atoms with Gasteiger partial charge in [-0.05, 0) is 17.7 Å². The molecule has 0 aliphatic rings. The van der Waals surface area contributed by atoms with Gasteiger partial charge in [0.15, 0.2) is 0 Å². The third-order valence-corrected chi connectivity index (χ3v) is 1.89. The standard InChI is InChI=1S/C10H11ClO2/c11-9-5-3-8(4-6-9)10(13)2-1-7-12/h1-6,10,12-13H,7H2/b2-1+. The molecular weight excluding hydrogens is 188 g/mol. The minimum atomic E-state index is -0.676. The Morgan fingerprint density at radius 2 is 1.92 bits per heavy atom. The van der Waals surface area contributed by atoms with E-state index in [9.17, 15) is 5.11 Å². The summed E-state index contributed by atoms with van der Waals surface area (Å²) in [6, 6.07) is 6.92. The number of aliphatic hydroxyl groups is 2. The lowest BCUT2D eigenvalue weighted by Crippen LogP contribution is -1.92. The first-order valence-corrected chi connectivity index (χ1v) is 4.33. The Morgan fingerprint density at radius 1 is 1.31 bits per heavy atom. The maximum Gasteiger partial charge on any atom is 0.0972 e. The smallest absolute Gasteiger partial charge is 0.0972 e. The largest absolute Gasteiger partial charge is 0.392 e. The molecule has 0 amide bonds. The molecule has 0 fully saturated rings. The maximum absolute atomic E-state index is 9.50. The summed E-state index contributed by atoms with van der Waals surface area (Å²) in [6.07, 6.45) is 2.35. The highest BCUT2D eigenvalue weighted by atomic mass is 35.5. The lowest BCUT2D eigenvalue weighted by molar-refractivity contribution is 0.227. The molecule has 1 aromatic carbocycles. The van der Waals surface area contributed by atoms with Crippen LogP contribution in [0.3, 0.4) is 0 Å². The van der Waals surface area contributed by atoms with Gasteiger partial charge in [-0.25, -0.2) is 0 Å². The summed E-state index contributed by atoms with van der Waals surface area (Å²) >= 11 is 5.68. The Bertz CT molecular complexity index is 279. The first-order chi connectivity index (χ1) is 6.24. The molecular formula is C10H11ClO2. The second-order valence-electron chi connectivity index (χ2n) is 2.61. The second-order valence-corrected chi connectivity index (χ2v) is 3.04. The lowest BCUT2D eigenvalue weighted by atomic mass is 10.1. The summed E-state index contributed by atoms with van der Waals surface area (Å²) in [5.74, 6) is 0. The van der Waals surface area contributed by atoms with E-state index in [1.165, 1.54) is 12.2 Å². The SMILES string of the molecule is OC/C=C/C(O)c1ccc(Cl)cc1. The molecule has 1 atom stereocenters. The molecule has 0 spiro atoms. The molecule has 2 nitrogen and oxygen atoms in total. The topological polar surface area (TPSA) is 40.5 Å². The van der Waals surface area contributed by atoms with Crippen molar-refractivity contribution >= 4 is 11.6 Å². The molecule has 1 rings (SSSR count). The van der Waals surface area contributed by atoms with Crippen LogP contribution in [0.25, 0.3) is 0 Å². The van der Waals surface area contributed by atoms with Crippen LogP contribution in [0.15, 0.2) is 36.4 Å². The second kappa shape index (κ2) is 5.02. The molecule has 0 heterocycles. The van der Waals surface area contributed by atoms with Crippen molar-refractivity contribution in [1.29, 1.82) is 0 Å². The van der Waals surface area contributed by atoms with Crippen molar-refractivity contribution in [1.82, 2.24) is 0 Å². The Labute approximate surface area is 82.1 Å². The highest BCUT2D eigenvalue weighted by Crippen LogP contribution is 2.16. The summed E-state index contributed by atoms with van der Waals surface area (Å²) in [5, 5.41) is 18.6. The lowest BCUT2D eigenvalue weighted by Gasteiger charge is -2.04. The number of hydrogen-bond donors (Lipinski definition) is 2. The van der Waals surface area contributed by atoms with Gasteiger partial charge in [-0.2, -0.15) is 0 Å². The van der Waals surface area contributed by atoms with Crippen LogP contribution in [0.2, 0.25) is 5.02 Å². The maximum atomic E-state index is 9.50. The van der Waals surface area contributed by atoms with Gasteiger partial charge < -0.3 is 10.2 Å². The molecule has 2 N–H and O–H groups in total. The van der Waals surface area contributed by atoms with Gasteiger partial charge >= 0.3 is 0 Å². The zero-order valence-electron chi connectivity index (χ0n) is 7.02. The summed E-state index contributed by atoms with van der Waals surface area (Å²) in [5.41, 5.74) is 0.758. The van der Waals surface area contributed by atoms with Crippen molar-refractivity contribution in [3.05, 3.63) is 47.0 Å². The average Bonchev–Trinajstić information content (AvgIpc) is 2.15. The van der Waals surface area contributed by atoms with E-state index in [-0.39, 0.29) is 6.61 Å². The van der Waals surface area contributed by atoms with Crippen molar-refractivity contribution in [2.75, 3.05) is 6.61 Å².